The van der Waals surface area contributed by atoms with Crippen molar-refractivity contribution in [2.45, 2.75) is 13.8 Å². The summed E-state index contributed by atoms with van der Waals surface area (Å²) in [6.07, 6.45) is 10.2. The monoisotopic (exact) mass is 709 g/mol. The molecule has 7 rings (SSSR count). The van der Waals surface area contributed by atoms with Crippen LogP contribution in [0.1, 0.15) is 56.2 Å². The Hall–Kier alpha value is -7.25. The van der Waals surface area contributed by atoms with Crippen LogP contribution in [0.5, 0.6) is 0 Å². The summed E-state index contributed by atoms with van der Waals surface area (Å²) in [5.41, 5.74) is 7.61. The van der Waals surface area contributed by atoms with Gasteiger partial charge < -0.3 is 0 Å². The molecule has 0 atom stereocenters. The van der Waals surface area contributed by atoms with E-state index >= 15 is 0 Å². The number of hydrogen-bond donors (Lipinski definition) is 0. The highest BCUT2D eigenvalue weighted by Gasteiger charge is 2.08. The van der Waals surface area contributed by atoms with Crippen LogP contribution in [-0.2, 0) is 0 Å². The van der Waals surface area contributed by atoms with Crippen LogP contribution in [0.3, 0.4) is 0 Å². The molecule has 0 amide bonds. The summed E-state index contributed by atoms with van der Waals surface area (Å²) in [5, 5.41) is 0. The molecule has 7 nitrogen and oxygen atoms in total. The molecule has 0 radical (unpaired) electrons. The van der Waals surface area contributed by atoms with Gasteiger partial charge in [-0.2, -0.15) is 0 Å². The third-order valence-electron chi connectivity index (χ3n) is 7.02. The normalized spacial score (nSPS) is 9.30. The molecule has 54 heavy (non-hydrogen) atoms. The van der Waals surface area contributed by atoms with Crippen molar-refractivity contribution in [3.05, 3.63) is 230 Å². The predicted molar refractivity (Wildman–Crippen MR) is 222 cm³/mol. The summed E-state index contributed by atoms with van der Waals surface area (Å²) in [6.45, 7) is 14.3. The first-order valence-corrected chi connectivity index (χ1v) is 17.0. The molecule has 7 heteroatoms. The number of nitrogens with zero attached hydrogens (tertiary/aromatic N) is 5. The fourth-order valence-corrected chi connectivity index (χ4v) is 4.31. The maximum atomic E-state index is 11.8. The van der Waals surface area contributed by atoms with Gasteiger partial charge in [-0.1, -0.05) is 111 Å². The molecule has 5 heterocycles. The van der Waals surface area contributed by atoms with Gasteiger partial charge in [0.15, 0.2) is 5.78 Å². The van der Waals surface area contributed by atoms with Crippen LogP contribution in [0.25, 0.3) is 29.5 Å². The molecule has 2 aromatic carbocycles. The van der Waals surface area contributed by atoms with Crippen molar-refractivity contribution in [2.75, 3.05) is 0 Å². The van der Waals surface area contributed by atoms with Crippen molar-refractivity contribution in [3.8, 4) is 11.3 Å². The smallest absolute Gasteiger partial charge is 0.211 e. The number of aryl methyl sites for hydroxylation is 1. The van der Waals surface area contributed by atoms with Crippen LogP contribution in [0.4, 0.5) is 0 Å². The van der Waals surface area contributed by atoms with E-state index in [9.17, 15) is 9.59 Å². The van der Waals surface area contributed by atoms with Crippen LogP contribution in [-0.4, -0.2) is 36.5 Å². The van der Waals surface area contributed by atoms with Gasteiger partial charge in [-0.05, 0) is 85.8 Å². The molecule has 0 aliphatic heterocycles. The van der Waals surface area contributed by atoms with E-state index in [1.807, 2.05) is 104 Å². The number of hydrogen-bond acceptors (Lipinski definition) is 7. The summed E-state index contributed by atoms with van der Waals surface area (Å²) in [5.74, 6) is -0.0261. The predicted octanol–water partition coefficient (Wildman–Crippen LogP) is 10.7. The zero-order chi connectivity index (χ0) is 38.8. The molecule has 7 aromatic rings. The van der Waals surface area contributed by atoms with Crippen LogP contribution < -0.4 is 0 Å². The van der Waals surface area contributed by atoms with Crippen molar-refractivity contribution < 1.29 is 9.59 Å². The Balaban J connectivity index is 0.000000185. The van der Waals surface area contributed by atoms with Crippen LogP contribution >= 0.6 is 0 Å². The third-order valence-corrected chi connectivity index (χ3v) is 7.02. The van der Waals surface area contributed by atoms with E-state index in [-0.39, 0.29) is 11.6 Å². The van der Waals surface area contributed by atoms with Gasteiger partial charge in [0.25, 0.3) is 0 Å². The molecule has 0 aliphatic rings. The third kappa shape index (κ3) is 15.3. The van der Waals surface area contributed by atoms with Gasteiger partial charge in [-0.15, -0.1) is 0 Å². The summed E-state index contributed by atoms with van der Waals surface area (Å²) in [7, 11) is 0. The van der Waals surface area contributed by atoms with E-state index < -0.39 is 0 Å². The first-order valence-electron chi connectivity index (χ1n) is 17.0. The Labute approximate surface area is 318 Å². The number of carbonyl (C=O) groups excluding carboxylic acids is 2. The molecular formula is C47H43N5O2. The number of Topliss-reactive ketones (excluding diaryl/α,β-unsaturated/α-hetero) is 1. The lowest BCUT2D eigenvalue weighted by molar-refractivity contribution is 0.101. The summed E-state index contributed by atoms with van der Waals surface area (Å²) in [4.78, 5) is 42.8. The Morgan fingerprint density at radius 2 is 0.963 bits per heavy atom. The van der Waals surface area contributed by atoms with E-state index in [4.69, 9.17) is 0 Å². The quantitative estimate of drug-likeness (QED) is 0.152. The van der Waals surface area contributed by atoms with Gasteiger partial charge in [0.05, 0.1) is 22.8 Å². The minimum absolute atomic E-state index is 0.00981. The van der Waals surface area contributed by atoms with Gasteiger partial charge in [-0.3, -0.25) is 29.5 Å². The molecule has 5 aromatic heterocycles. The van der Waals surface area contributed by atoms with E-state index in [2.05, 4.69) is 56.8 Å². The highest BCUT2D eigenvalue weighted by molar-refractivity contribution is 6.07. The Morgan fingerprint density at radius 1 is 0.481 bits per heavy atom. The zero-order valence-corrected chi connectivity index (χ0v) is 30.6. The fourth-order valence-electron chi connectivity index (χ4n) is 4.31. The molecule has 0 N–H and O–H groups in total. The number of aromatic nitrogens is 5. The van der Waals surface area contributed by atoms with Gasteiger partial charge in [0.2, 0.25) is 5.78 Å². The van der Waals surface area contributed by atoms with Crippen molar-refractivity contribution in [1.29, 1.82) is 0 Å². The van der Waals surface area contributed by atoms with E-state index in [0.717, 1.165) is 34.0 Å². The highest BCUT2D eigenvalue weighted by Crippen LogP contribution is 2.16. The van der Waals surface area contributed by atoms with Crippen molar-refractivity contribution in [2.24, 2.45) is 0 Å². The Bertz CT molecular complexity index is 2120. The number of ketones is 2. The molecule has 0 aliphatic carbocycles. The molecule has 0 saturated heterocycles. The van der Waals surface area contributed by atoms with E-state index in [1.165, 1.54) is 6.92 Å². The van der Waals surface area contributed by atoms with Crippen LogP contribution in [0, 0.1) is 6.92 Å². The van der Waals surface area contributed by atoms with Gasteiger partial charge in [0.1, 0.15) is 11.4 Å². The first-order chi connectivity index (χ1) is 26.3. The number of carbonyl (C=O) groups is 2. The minimum Gasteiger partial charge on any atom is -0.293 e. The van der Waals surface area contributed by atoms with Crippen LogP contribution in [0.15, 0.2) is 190 Å². The summed E-state index contributed by atoms with van der Waals surface area (Å²) in [6, 6.07) is 47.4. The minimum atomic E-state index is -0.0359. The largest absolute Gasteiger partial charge is 0.293 e. The standard InChI is InChI=1S/C13H11N.C12H9NO.C8H9N.C7H7NO.C7H7N/c1-2-12-9-6-10-13(14-12)11-7-4-3-5-8-11;14-12(10-6-2-1-3-7-10)11-8-4-5-9-13-11;1-3-8-6-4-5-7(2)9-8;1-6(9)7-4-2-3-5-8-7;1-2-7-5-3-4-6-8-7/h2-10H,1H2;1-9H;3-6H,1H2,2H3;2-5H,1H3;2-6H,1H2. The molecular weight excluding hydrogens is 667 g/mol. The highest BCUT2D eigenvalue weighted by atomic mass is 16.1. The lowest BCUT2D eigenvalue weighted by Gasteiger charge is -2.00. The van der Waals surface area contributed by atoms with Gasteiger partial charge in [0, 0.05) is 42.3 Å². The lowest BCUT2D eigenvalue weighted by atomic mass is 10.1. The fraction of sp³-hybridized carbons (Fsp3) is 0.0426. The first kappa shape index (κ1) is 41.2. The molecule has 0 unspecified atom stereocenters. The topological polar surface area (TPSA) is 98.6 Å². The van der Waals surface area contributed by atoms with Crippen molar-refractivity contribution >= 4 is 29.8 Å². The molecule has 0 bridgehead atoms. The lowest BCUT2D eigenvalue weighted by Crippen LogP contribution is -2.02. The number of pyridine rings is 5. The average molecular weight is 710 g/mol. The zero-order valence-electron chi connectivity index (χ0n) is 30.6. The van der Waals surface area contributed by atoms with E-state index in [0.29, 0.717) is 17.0 Å². The van der Waals surface area contributed by atoms with Crippen molar-refractivity contribution in [3.63, 3.8) is 0 Å². The van der Waals surface area contributed by atoms with Crippen LogP contribution in [0.2, 0.25) is 0 Å². The van der Waals surface area contributed by atoms with E-state index in [1.54, 1.807) is 79.3 Å². The second-order valence-electron chi connectivity index (χ2n) is 11.1. The maximum absolute atomic E-state index is 11.8. The van der Waals surface area contributed by atoms with Gasteiger partial charge >= 0.3 is 0 Å². The van der Waals surface area contributed by atoms with Crippen molar-refractivity contribution in [1.82, 2.24) is 24.9 Å². The Morgan fingerprint density at radius 3 is 1.41 bits per heavy atom. The molecule has 0 saturated carbocycles. The average Bonchev–Trinajstić information content (AvgIpc) is 3.26. The molecule has 0 fully saturated rings. The second kappa shape index (κ2) is 24.0. The second-order valence-corrected chi connectivity index (χ2v) is 11.1. The Kier molecular flexibility index (Phi) is 18.3. The maximum Gasteiger partial charge on any atom is 0.211 e. The number of rotatable bonds is 7. The number of benzene rings is 2. The molecule has 0 spiro atoms. The SMILES string of the molecule is C=Cc1cccc(-c2ccccc2)n1.C=Cc1cccc(C)n1.C=Cc1ccccn1.CC(=O)c1ccccn1.O=C(c1ccccc1)c1ccccn1. The summed E-state index contributed by atoms with van der Waals surface area (Å²) < 4.78 is 0. The van der Waals surface area contributed by atoms with Gasteiger partial charge in [-0.25, -0.2) is 4.98 Å². The molecule has 268 valence electrons. The summed E-state index contributed by atoms with van der Waals surface area (Å²) >= 11 is 0.